The molecule has 2 amide bonds. The molecule has 0 aromatic carbocycles. The standard InChI is InChI=1S/C21H27N5O2S/c27-20(24-11-15-3-1-7-22-10-15)6-5-17-12-25-21(28)19-9-16(14-26(17)19)23-13-18-4-2-8-29-18/h1-4,7-8,10,16-17,19,23H,5-6,9,11-14H2,(H,24,27)(H,25,28). The topological polar surface area (TPSA) is 86.4 Å². The lowest BCUT2D eigenvalue weighted by Gasteiger charge is -2.37. The smallest absolute Gasteiger partial charge is 0.237 e. The van der Waals surface area contributed by atoms with Gasteiger partial charge in [-0.3, -0.25) is 19.5 Å². The van der Waals surface area contributed by atoms with Crippen LogP contribution in [0.5, 0.6) is 0 Å². The Kier molecular flexibility index (Phi) is 6.53. The molecular weight excluding hydrogens is 386 g/mol. The summed E-state index contributed by atoms with van der Waals surface area (Å²) in [5.41, 5.74) is 0.991. The lowest BCUT2D eigenvalue weighted by Crippen LogP contribution is -2.58. The van der Waals surface area contributed by atoms with Crippen molar-refractivity contribution in [1.29, 1.82) is 0 Å². The van der Waals surface area contributed by atoms with Crippen LogP contribution in [0.2, 0.25) is 0 Å². The zero-order valence-corrected chi connectivity index (χ0v) is 17.2. The number of rotatable bonds is 8. The molecule has 0 aliphatic carbocycles. The summed E-state index contributed by atoms with van der Waals surface area (Å²) in [4.78, 5) is 32.3. The SMILES string of the molecule is O=C(CCC1CNC(=O)C2CC(NCc3cccs3)CN12)NCc1cccnc1. The Labute approximate surface area is 174 Å². The van der Waals surface area contributed by atoms with Gasteiger partial charge in [-0.1, -0.05) is 12.1 Å². The summed E-state index contributed by atoms with van der Waals surface area (Å²) in [6.07, 6.45) is 5.50. The monoisotopic (exact) mass is 413 g/mol. The Bertz CT molecular complexity index is 814. The first-order valence-corrected chi connectivity index (χ1v) is 11.0. The van der Waals surface area contributed by atoms with E-state index in [0.717, 1.165) is 31.5 Å². The van der Waals surface area contributed by atoms with Crippen molar-refractivity contribution in [2.24, 2.45) is 0 Å². The maximum atomic E-state index is 12.3. The van der Waals surface area contributed by atoms with E-state index in [4.69, 9.17) is 0 Å². The Morgan fingerprint density at radius 2 is 2.24 bits per heavy atom. The maximum Gasteiger partial charge on any atom is 0.237 e. The molecule has 3 atom stereocenters. The molecule has 2 aromatic rings. The molecule has 2 aliphatic heterocycles. The fourth-order valence-electron chi connectivity index (χ4n) is 4.14. The number of nitrogens with one attached hydrogen (secondary N) is 3. The van der Waals surface area contributed by atoms with Crippen LogP contribution < -0.4 is 16.0 Å². The summed E-state index contributed by atoms with van der Waals surface area (Å²) in [6.45, 7) is 2.80. The first-order valence-electron chi connectivity index (χ1n) is 10.1. The number of hydrogen-bond donors (Lipinski definition) is 3. The molecule has 2 saturated heterocycles. The van der Waals surface area contributed by atoms with Crippen molar-refractivity contribution >= 4 is 23.2 Å². The van der Waals surface area contributed by atoms with E-state index < -0.39 is 0 Å². The van der Waals surface area contributed by atoms with Crippen LogP contribution in [-0.4, -0.2) is 52.9 Å². The van der Waals surface area contributed by atoms with Crippen LogP contribution >= 0.6 is 11.3 Å². The minimum atomic E-state index is -0.0898. The zero-order valence-electron chi connectivity index (χ0n) is 16.3. The number of pyridine rings is 1. The van der Waals surface area contributed by atoms with E-state index in [1.165, 1.54) is 4.88 Å². The summed E-state index contributed by atoms with van der Waals surface area (Å²) in [5.74, 6) is 0.150. The molecule has 154 valence electrons. The molecule has 2 aromatic heterocycles. The van der Waals surface area contributed by atoms with Crippen molar-refractivity contribution in [3.63, 3.8) is 0 Å². The number of fused-ring (bicyclic) bond motifs is 1. The van der Waals surface area contributed by atoms with Gasteiger partial charge in [0.05, 0.1) is 6.04 Å². The average Bonchev–Trinajstić information content (AvgIpc) is 3.41. The van der Waals surface area contributed by atoms with E-state index in [9.17, 15) is 9.59 Å². The number of carbonyl (C=O) groups excluding carboxylic acids is 2. The number of amides is 2. The van der Waals surface area contributed by atoms with Gasteiger partial charge in [-0.15, -0.1) is 11.3 Å². The van der Waals surface area contributed by atoms with Gasteiger partial charge in [0.25, 0.3) is 0 Å². The summed E-state index contributed by atoms with van der Waals surface area (Å²) in [5, 5.41) is 11.7. The molecule has 0 saturated carbocycles. The second kappa shape index (κ2) is 9.47. The first-order chi connectivity index (χ1) is 14.2. The van der Waals surface area contributed by atoms with Crippen molar-refractivity contribution in [3.8, 4) is 0 Å². The van der Waals surface area contributed by atoms with E-state index in [2.05, 4.69) is 43.3 Å². The molecule has 4 rings (SSSR count). The molecule has 2 fully saturated rings. The summed E-state index contributed by atoms with van der Waals surface area (Å²) >= 11 is 1.74. The van der Waals surface area contributed by atoms with Gasteiger partial charge in [0.15, 0.2) is 0 Å². The van der Waals surface area contributed by atoms with Gasteiger partial charge in [-0.2, -0.15) is 0 Å². The van der Waals surface area contributed by atoms with E-state index in [0.29, 0.717) is 25.6 Å². The number of nitrogens with zero attached hydrogens (tertiary/aromatic N) is 2. The number of piperazine rings is 1. The second-order valence-corrected chi connectivity index (χ2v) is 8.71. The van der Waals surface area contributed by atoms with Crippen molar-refractivity contribution < 1.29 is 9.59 Å². The van der Waals surface area contributed by atoms with Crippen LogP contribution in [0.15, 0.2) is 42.0 Å². The number of aromatic nitrogens is 1. The average molecular weight is 414 g/mol. The molecule has 3 N–H and O–H groups in total. The van der Waals surface area contributed by atoms with E-state index >= 15 is 0 Å². The predicted octanol–water partition coefficient (Wildman–Crippen LogP) is 1.27. The molecule has 4 heterocycles. The number of hydrogen-bond acceptors (Lipinski definition) is 6. The van der Waals surface area contributed by atoms with E-state index in [1.54, 1.807) is 23.7 Å². The molecule has 3 unspecified atom stereocenters. The van der Waals surface area contributed by atoms with Gasteiger partial charge < -0.3 is 16.0 Å². The minimum absolute atomic E-state index is 0.0360. The molecule has 29 heavy (non-hydrogen) atoms. The highest BCUT2D eigenvalue weighted by molar-refractivity contribution is 7.09. The Balaban J connectivity index is 1.25. The molecule has 0 spiro atoms. The highest BCUT2D eigenvalue weighted by atomic mass is 32.1. The third-order valence-electron chi connectivity index (χ3n) is 5.69. The highest BCUT2D eigenvalue weighted by Gasteiger charge is 2.43. The molecule has 0 bridgehead atoms. The number of carbonyl (C=O) groups is 2. The predicted molar refractivity (Wildman–Crippen MR) is 112 cm³/mol. The normalized spacial score (nSPS) is 24.1. The Morgan fingerprint density at radius 1 is 1.31 bits per heavy atom. The van der Waals surface area contributed by atoms with Crippen LogP contribution in [0.4, 0.5) is 0 Å². The fraction of sp³-hybridized carbons (Fsp3) is 0.476. The lowest BCUT2D eigenvalue weighted by atomic mass is 10.0. The quantitative estimate of drug-likeness (QED) is 0.607. The van der Waals surface area contributed by atoms with Crippen LogP contribution in [0, 0.1) is 0 Å². The number of thiophene rings is 1. The fourth-order valence-corrected chi connectivity index (χ4v) is 4.79. The summed E-state index contributed by atoms with van der Waals surface area (Å²) in [6, 6.07) is 8.41. The van der Waals surface area contributed by atoms with Gasteiger partial charge in [-0.05, 0) is 35.9 Å². The van der Waals surface area contributed by atoms with Crippen molar-refractivity contribution in [2.75, 3.05) is 13.1 Å². The van der Waals surface area contributed by atoms with E-state index in [1.807, 2.05) is 12.1 Å². The van der Waals surface area contributed by atoms with Crippen LogP contribution in [0.3, 0.4) is 0 Å². The lowest BCUT2D eigenvalue weighted by molar-refractivity contribution is -0.129. The Hall–Kier alpha value is -2.29. The van der Waals surface area contributed by atoms with Crippen LogP contribution in [0.25, 0.3) is 0 Å². The summed E-state index contributed by atoms with van der Waals surface area (Å²) < 4.78 is 0. The van der Waals surface area contributed by atoms with Gasteiger partial charge in [0.1, 0.15) is 0 Å². The van der Waals surface area contributed by atoms with Crippen LogP contribution in [0.1, 0.15) is 29.7 Å². The first kappa shape index (κ1) is 20.0. The minimum Gasteiger partial charge on any atom is -0.353 e. The highest BCUT2D eigenvalue weighted by Crippen LogP contribution is 2.26. The molecule has 2 aliphatic rings. The van der Waals surface area contributed by atoms with Crippen molar-refractivity contribution in [1.82, 2.24) is 25.8 Å². The Morgan fingerprint density at radius 3 is 3.03 bits per heavy atom. The zero-order chi connectivity index (χ0) is 20.1. The molecular formula is C21H27N5O2S. The van der Waals surface area contributed by atoms with Crippen molar-refractivity contribution in [2.45, 2.75) is 50.5 Å². The van der Waals surface area contributed by atoms with Crippen LogP contribution in [-0.2, 0) is 22.7 Å². The van der Waals surface area contributed by atoms with Gasteiger partial charge in [0.2, 0.25) is 11.8 Å². The molecule has 0 radical (unpaired) electrons. The third-order valence-corrected chi connectivity index (χ3v) is 6.56. The van der Waals surface area contributed by atoms with Crippen molar-refractivity contribution in [3.05, 3.63) is 52.5 Å². The van der Waals surface area contributed by atoms with Gasteiger partial charge in [0, 0.05) is 62.0 Å². The second-order valence-electron chi connectivity index (χ2n) is 7.68. The molecule has 7 nitrogen and oxygen atoms in total. The summed E-state index contributed by atoms with van der Waals surface area (Å²) in [7, 11) is 0. The largest absolute Gasteiger partial charge is 0.353 e. The molecule has 8 heteroatoms. The van der Waals surface area contributed by atoms with Gasteiger partial charge >= 0.3 is 0 Å². The third kappa shape index (κ3) is 5.20. The van der Waals surface area contributed by atoms with Gasteiger partial charge in [-0.25, -0.2) is 0 Å². The van der Waals surface area contributed by atoms with E-state index in [-0.39, 0.29) is 23.9 Å². The maximum absolute atomic E-state index is 12.3.